The summed E-state index contributed by atoms with van der Waals surface area (Å²) in [6.45, 7) is 0. The third kappa shape index (κ3) is 3.84. The number of nitrogens with one attached hydrogen (secondary N) is 1. The standard InChI is InChI=1S/C21H18ClNO/c22-19(16-10-4-1-5-11-16)21(24)23-20(17-12-6-2-7-13-17)18-14-8-3-9-15-18/h1-15,19-20H,(H,23,24). The summed E-state index contributed by atoms with van der Waals surface area (Å²) >= 11 is 6.36. The van der Waals surface area contributed by atoms with Gasteiger partial charge in [-0.05, 0) is 16.7 Å². The highest BCUT2D eigenvalue weighted by Gasteiger charge is 2.22. The third-order valence-electron chi connectivity index (χ3n) is 3.87. The van der Waals surface area contributed by atoms with Crippen LogP contribution in [0, 0.1) is 0 Å². The Labute approximate surface area is 147 Å². The van der Waals surface area contributed by atoms with Gasteiger partial charge in [0.15, 0.2) is 0 Å². The van der Waals surface area contributed by atoms with E-state index in [0.717, 1.165) is 16.7 Å². The quantitative estimate of drug-likeness (QED) is 0.662. The Balaban J connectivity index is 1.86. The minimum absolute atomic E-state index is 0.208. The van der Waals surface area contributed by atoms with Gasteiger partial charge in [0.1, 0.15) is 5.38 Å². The summed E-state index contributed by atoms with van der Waals surface area (Å²) in [5.41, 5.74) is 2.83. The maximum absolute atomic E-state index is 12.7. The maximum Gasteiger partial charge on any atom is 0.243 e. The minimum atomic E-state index is -0.721. The van der Waals surface area contributed by atoms with Crippen molar-refractivity contribution in [2.24, 2.45) is 0 Å². The Morgan fingerprint density at radius 1 is 0.667 bits per heavy atom. The molecule has 0 radical (unpaired) electrons. The molecule has 1 amide bonds. The monoisotopic (exact) mass is 335 g/mol. The molecule has 0 bridgehead atoms. The van der Waals surface area contributed by atoms with Gasteiger partial charge in [0.2, 0.25) is 5.91 Å². The van der Waals surface area contributed by atoms with Gasteiger partial charge in [0, 0.05) is 0 Å². The SMILES string of the molecule is O=C(NC(c1ccccc1)c1ccccc1)C(Cl)c1ccccc1. The van der Waals surface area contributed by atoms with E-state index in [0.29, 0.717) is 0 Å². The number of benzene rings is 3. The molecule has 120 valence electrons. The van der Waals surface area contributed by atoms with E-state index in [-0.39, 0.29) is 11.9 Å². The molecule has 3 rings (SSSR count). The Hall–Kier alpha value is -2.58. The van der Waals surface area contributed by atoms with Crippen LogP contribution in [0.15, 0.2) is 91.0 Å². The molecule has 24 heavy (non-hydrogen) atoms. The first-order chi connectivity index (χ1) is 11.8. The number of alkyl halides is 1. The molecule has 1 N–H and O–H groups in total. The number of carbonyl (C=O) groups is 1. The first kappa shape index (κ1) is 16.3. The number of halogens is 1. The average molecular weight is 336 g/mol. The van der Waals surface area contributed by atoms with Crippen molar-refractivity contribution in [2.75, 3.05) is 0 Å². The second-order valence-electron chi connectivity index (χ2n) is 5.54. The highest BCUT2D eigenvalue weighted by Crippen LogP contribution is 2.25. The van der Waals surface area contributed by atoms with Gasteiger partial charge in [-0.2, -0.15) is 0 Å². The van der Waals surface area contributed by atoms with Gasteiger partial charge in [-0.3, -0.25) is 4.79 Å². The van der Waals surface area contributed by atoms with Gasteiger partial charge >= 0.3 is 0 Å². The van der Waals surface area contributed by atoms with Crippen molar-refractivity contribution in [3.8, 4) is 0 Å². The molecule has 0 saturated carbocycles. The van der Waals surface area contributed by atoms with Crippen LogP contribution in [-0.2, 0) is 4.79 Å². The van der Waals surface area contributed by atoms with Crippen LogP contribution in [0.5, 0.6) is 0 Å². The van der Waals surface area contributed by atoms with Crippen molar-refractivity contribution in [2.45, 2.75) is 11.4 Å². The van der Waals surface area contributed by atoms with E-state index in [1.165, 1.54) is 0 Å². The van der Waals surface area contributed by atoms with Gasteiger partial charge in [-0.15, -0.1) is 11.6 Å². The molecular formula is C21H18ClNO. The normalized spacial score (nSPS) is 11.9. The second-order valence-corrected chi connectivity index (χ2v) is 5.97. The predicted octanol–water partition coefficient (Wildman–Crippen LogP) is 4.87. The van der Waals surface area contributed by atoms with E-state index in [1.54, 1.807) is 0 Å². The van der Waals surface area contributed by atoms with Gasteiger partial charge in [-0.25, -0.2) is 0 Å². The highest BCUT2D eigenvalue weighted by atomic mass is 35.5. The lowest BCUT2D eigenvalue weighted by molar-refractivity contribution is -0.121. The Morgan fingerprint density at radius 2 is 1.04 bits per heavy atom. The maximum atomic E-state index is 12.7. The molecule has 0 heterocycles. The lowest BCUT2D eigenvalue weighted by Crippen LogP contribution is -2.31. The molecule has 0 aliphatic carbocycles. The smallest absolute Gasteiger partial charge is 0.243 e. The number of hydrogen-bond acceptors (Lipinski definition) is 1. The topological polar surface area (TPSA) is 29.1 Å². The molecule has 3 heteroatoms. The highest BCUT2D eigenvalue weighted by molar-refractivity contribution is 6.30. The van der Waals surface area contributed by atoms with Crippen LogP contribution >= 0.6 is 11.6 Å². The minimum Gasteiger partial charge on any atom is -0.344 e. The fourth-order valence-electron chi connectivity index (χ4n) is 2.64. The van der Waals surface area contributed by atoms with Gasteiger partial charge in [0.25, 0.3) is 0 Å². The van der Waals surface area contributed by atoms with Crippen molar-refractivity contribution in [1.29, 1.82) is 0 Å². The van der Waals surface area contributed by atoms with Crippen LogP contribution < -0.4 is 5.32 Å². The lowest BCUT2D eigenvalue weighted by atomic mass is 9.98. The number of rotatable bonds is 5. The zero-order valence-electron chi connectivity index (χ0n) is 13.1. The Morgan fingerprint density at radius 3 is 1.46 bits per heavy atom. The molecule has 0 aliphatic rings. The second kappa shape index (κ2) is 7.80. The van der Waals surface area contributed by atoms with Crippen LogP contribution in [0.3, 0.4) is 0 Å². The van der Waals surface area contributed by atoms with Gasteiger partial charge < -0.3 is 5.32 Å². The molecule has 1 unspecified atom stereocenters. The van der Waals surface area contributed by atoms with Crippen molar-refractivity contribution >= 4 is 17.5 Å². The Kier molecular flexibility index (Phi) is 5.29. The molecule has 3 aromatic rings. The third-order valence-corrected chi connectivity index (χ3v) is 4.33. The van der Waals surface area contributed by atoms with Crippen molar-refractivity contribution < 1.29 is 4.79 Å². The molecule has 2 nitrogen and oxygen atoms in total. The zero-order chi connectivity index (χ0) is 16.8. The van der Waals surface area contributed by atoms with Crippen molar-refractivity contribution in [3.63, 3.8) is 0 Å². The van der Waals surface area contributed by atoms with Crippen molar-refractivity contribution in [1.82, 2.24) is 5.32 Å². The molecule has 3 aromatic carbocycles. The van der Waals surface area contributed by atoms with E-state index in [2.05, 4.69) is 5.32 Å². The fraction of sp³-hybridized carbons (Fsp3) is 0.0952. The molecule has 0 fully saturated rings. The van der Waals surface area contributed by atoms with Crippen LogP contribution in [-0.4, -0.2) is 5.91 Å². The van der Waals surface area contributed by atoms with E-state index in [9.17, 15) is 4.79 Å². The van der Waals surface area contributed by atoms with E-state index >= 15 is 0 Å². The predicted molar refractivity (Wildman–Crippen MR) is 97.9 cm³/mol. The van der Waals surface area contributed by atoms with Gasteiger partial charge in [-0.1, -0.05) is 91.0 Å². The summed E-state index contributed by atoms with van der Waals surface area (Å²) < 4.78 is 0. The lowest BCUT2D eigenvalue weighted by Gasteiger charge is -2.21. The van der Waals surface area contributed by atoms with Gasteiger partial charge in [0.05, 0.1) is 6.04 Å². The number of amides is 1. The fourth-order valence-corrected chi connectivity index (χ4v) is 2.85. The molecule has 0 saturated heterocycles. The Bertz CT molecular complexity index is 735. The average Bonchev–Trinajstić information content (AvgIpc) is 2.67. The first-order valence-corrected chi connectivity index (χ1v) is 8.28. The summed E-state index contributed by atoms with van der Waals surface area (Å²) in [6.07, 6.45) is 0. The summed E-state index contributed by atoms with van der Waals surface area (Å²) in [5, 5.41) is 2.36. The van der Waals surface area contributed by atoms with E-state index in [4.69, 9.17) is 11.6 Å². The van der Waals surface area contributed by atoms with Crippen LogP contribution in [0.4, 0.5) is 0 Å². The molecule has 0 aliphatic heterocycles. The molecular weight excluding hydrogens is 318 g/mol. The summed E-state index contributed by atoms with van der Waals surface area (Å²) in [7, 11) is 0. The van der Waals surface area contributed by atoms with Crippen LogP contribution in [0.1, 0.15) is 28.1 Å². The van der Waals surface area contributed by atoms with E-state index in [1.807, 2.05) is 91.0 Å². The summed E-state index contributed by atoms with van der Waals surface area (Å²) in [5.74, 6) is -0.208. The van der Waals surface area contributed by atoms with Crippen LogP contribution in [0.25, 0.3) is 0 Å². The van der Waals surface area contributed by atoms with E-state index < -0.39 is 5.38 Å². The zero-order valence-corrected chi connectivity index (χ0v) is 13.9. The summed E-state index contributed by atoms with van der Waals surface area (Å²) in [6, 6.07) is 28.9. The summed E-state index contributed by atoms with van der Waals surface area (Å²) in [4.78, 5) is 12.7. The molecule has 0 spiro atoms. The number of hydrogen-bond donors (Lipinski definition) is 1. The molecule has 0 aromatic heterocycles. The van der Waals surface area contributed by atoms with Crippen LogP contribution in [0.2, 0.25) is 0 Å². The largest absolute Gasteiger partial charge is 0.344 e. The molecule has 1 atom stereocenters. The van der Waals surface area contributed by atoms with Crippen molar-refractivity contribution in [3.05, 3.63) is 108 Å². The first-order valence-electron chi connectivity index (χ1n) is 7.85. The number of carbonyl (C=O) groups excluding carboxylic acids is 1.